The quantitative estimate of drug-likeness (QED) is 0.678. The first kappa shape index (κ1) is 13.9. The highest BCUT2D eigenvalue weighted by Gasteiger charge is 2.15. The highest BCUT2D eigenvalue weighted by molar-refractivity contribution is 9.10. The van der Waals surface area contributed by atoms with E-state index in [4.69, 9.17) is 9.84 Å². The van der Waals surface area contributed by atoms with Crippen LogP contribution in [-0.2, 0) is 0 Å². The molecule has 1 aromatic heterocycles. The largest absolute Gasteiger partial charge is 0.477 e. The van der Waals surface area contributed by atoms with Crippen LogP contribution in [0.25, 0.3) is 0 Å². The van der Waals surface area contributed by atoms with Crippen molar-refractivity contribution in [1.82, 2.24) is 4.98 Å². The number of hydrogen-bond acceptors (Lipinski definition) is 5. The molecule has 0 saturated carbocycles. The Labute approximate surface area is 121 Å². The molecular weight excluding hydrogens is 332 g/mol. The van der Waals surface area contributed by atoms with Gasteiger partial charge in [0.05, 0.1) is 4.92 Å². The summed E-state index contributed by atoms with van der Waals surface area (Å²) in [5, 5.41) is 19.6. The summed E-state index contributed by atoms with van der Waals surface area (Å²) in [5.41, 5.74) is -0.197. The lowest BCUT2D eigenvalue weighted by atomic mass is 10.2. The predicted octanol–water partition coefficient (Wildman–Crippen LogP) is 3.24. The summed E-state index contributed by atoms with van der Waals surface area (Å²) >= 11 is 3.12. The van der Waals surface area contributed by atoms with Crippen LogP contribution in [0.2, 0.25) is 0 Å². The third-order valence-corrected chi connectivity index (χ3v) is 2.74. The number of aromatic carboxylic acids is 1. The number of pyridine rings is 1. The maximum atomic E-state index is 11.1. The van der Waals surface area contributed by atoms with E-state index in [0.29, 0.717) is 4.47 Å². The smallest absolute Gasteiger partial charge is 0.341 e. The second-order valence-electron chi connectivity index (χ2n) is 3.66. The van der Waals surface area contributed by atoms with Gasteiger partial charge < -0.3 is 9.84 Å². The number of nitro groups is 1. The van der Waals surface area contributed by atoms with Crippen molar-refractivity contribution in [3.8, 4) is 11.6 Å². The molecule has 0 spiro atoms. The SMILES string of the molecule is O=C(O)c1cc(Br)cnc1Oc1ccc([N+](=O)[O-])cc1. The monoisotopic (exact) mass is 338 g/mol. The molecule has 2 aromatic rings. The number of carbonyl (C=O) groups is 1. The molecule has 0 amide bonds. The number of benzene rings is 1. The Balaban J connectivity index is 2.30. The molecule has 0 fully saturated rings. The highest BCUT2D eigenvalue weighted by atomic mass is 79.9. The molecule has 1 heterocycles. The number of nitrogens with zero attached hydrogens (tertiary/aromatic N) is 2. The molecular formula is C12H7BrN2O5. The first-order chi connectivity index (χ1) is 9.47. The van der Waals surface area contributed by atoms with E-state index in [-0.39, 0.29) is 22.9 Å². The maximum Gasteiger partial charge on any atom is 0.341 e. The maximum absolute atomic E-state index is 11.1. The van der Waals surface area contributed by atoms with Gasteiger partial charge in [-0.3, -0.25) is 10.1 Å². The molecule has 0 saturated heterocycles. The van der Waals surface area contributed by atoms with Crippen LogP contribution in [0, 0.1) is 10.1 Å². The van der Waals surface area contributed by atoms with Gasteiger partial charge in [0.25, 0.3) is 5.69 Å². The van der Waals surface area contributed by atoms with Crippen LogP contribution in [0.3, 0.4) is 0 Å². The Hall–Kier alpha value is -2.48. The number of rotatable bonds is 4. The van der Waals surface area contributed by atoms with E-state index in [0.717, 1.165) is 0 Å². The third-order valence-electron chi connectivity index (χ3n) is 2.31. The molecule has 2 rings (SSSR count). The Kier molecular flexibility index (Phi) is 3.94. The van der Waals surface area contributed by atoms with Crippen molar-refractivity contribution < 1.29 is 19.6 Å². The van der Waals surface area contributed by atoms with Crippen molar-refractivity contribution in [2.24, 2.45) is 0 Å². The van der Waals surface area contributed by atoms with E-state index in [1.54, 1.807) is 0 Å². The van der Waals surface area contributed by atoms with Gasteiger partial charge in [-0.2, -0.15) is 0 Å². The second-order valence-corrected chi connectivity index (χ2v) is 4.58. The zero-order valence-corrected chi connectivity index (χ0v) is 11.4. The third kappa shape index (κ3) is 3.09. The van der Waals surface area contributed by atoms with E-state index >= 15 is 0 Å². The molecule has 0 bridgehead atoms. The van der Waals surface area contributed by atoms with Crippen molar-refractivity contribution in [2.45, 2.75) is 0 Å². The van der Waals surface area contributed by atoms with Gasteiger partial charge in [0.2, 0.25) is 5.88 Å². The minimum atomic E-state index is -1.18. The lowest BCUT2D eigenvalue weighted by Gasteiger charge is -2.07. The summed E-state index contributed by atoms with van der Waals surface area (Å²) in [5.74, 6) is -1.02. The molecule has 8 heteroatoms. The van der Waals surface area contributed by atoms with E-state index in [1.807, 2.05) is 0 Å². The van der Waals surface area contributed by atoms with E-state index in [1.165, 1.54) is 36.5 Å². The van der Waals surface area contributed by atoms with Crippen LogP contribution in [-0.4, -0.2) is 21.0 Å². The van der Waals surface area contributed by atoms with Crippen LogP contribution < -0.4 is 4.74 Å². The van der Waals surface area contributed by atoms with E-state index < -0.39 is 10.9 Å². The summed E-state index contributed by atoms with van der Waals surface area (Å²) in [7, 11) is 0. The molecule has 20 heavy (non-hydrogen) atoms. The van der Waals surface area contributed by atoms with Crippen LogP contribution in [0.15, 0.2) is 41.0 Å². The number of aromatic nitrogens is 1. The van der Waals surface area contributed by atoms with Gasteiger partial charge in [-0.05, 0) is 34.1 Å². The molecule has 1 aromatic carbocycles. The predicted molar refractivity (Wildman–Crippen MR) is 72.1 cm³/mol. The molecule has 0 atom stereocenters. The Morgan fingerprint density at radius 3 is 2.55 bits per heavy atom. The van der Waals surface area contributed by atoms with Crippen LogP contribution in [0.5, 0.6) is 11.6 Å². The number of carboxylic acids is 1. The topological polar surface area (TPSA) is 103 Å². The lowest BCUT2D eigenvalue weighted by molar-refractivity contribution is -0.384. The number of nitro benzene ring substituents is 1. The van der Waals surface area contributed by atoms with Crippen molar-refractivity contribution >= 4 is 27.6 Å². The summed E-state index contributed by atoms with van der Waals surface area (Å²) in [6.07, 6.45) is 1.40. The molecule has 0 unspecified atom stereocenters. The number of hydrogen-bond donors (Lipinski definition) is 1. The molecule has 0 aliphatic carbocycles. The lowest BCUT2D eigenvalue weighted by Crippen LogP contribution is -2.02. The van der Waals surface area contributed by atoms with Gasteiger partial charge in [0, 0.05) is 22.8 Å². The normalized spacial score (nSPS) is 10.1. The minimum Gasteiger partial charge on any atom is -0.477 e. The van der Waals surface area contributed by atoms with E-state index in [2.05, 4.69) is 20.9 Å². The Bertz CT molecular complexity index is 672. The fourth-order valence-electron chi connectivity index (χ4n) is 1.41. The van der Waals surface area contributed by atoms with Crippen LogP contribution >= 0.6 is 15.9 Å². The Morgan fingerprint density at radius 2 is 2.00 bits per heavy atom. The molecule has 0 radical (unpaired) electrons. The minimum absolute atomic E-state index is 0.0837. The van der Waals surface area contributed by atoms with Crippen molar-refractivity contribution in [1.29, 1.82) is 0 Å². The fourth-order valence-corrected chi connectivity index (χ4v) is 1.74. The van der Waals surface area contributed by atoms with Crippen molar-refractivity contribution in [3.63, 3.8) is 0 Å². The van der Waals surface area contributed by atoms with Gasteiger partial charge in [-0.25, -0.2) is 9.78 Å². The molecule has 7 nitrogen and oxygen atoms in total. The van der Waals surface area contributed by atoms with Gasteiger partial charge >= 0.3 is 5.97 Å². The van der Waals surface area contributed by atoms with Gasteiger partial charge in [0.1, 0.15) is 11.3 Å². The average Bonchev–Trinajstić information content (AvgIpc) is 2.41. The summed E-state index contributed by atoms with van der Waals surface area (Å²) in [4.78, 5) is 24.9. The zero-order valence-electron chi connectivity index (χ0n) is 9.82. The zero-order chi connectivity index (χ0) is 14.7. The highest BCUT2D eigenvalue weighted by Crippen LogP contribution is 2.26. The summed E-state index contributed by atoms with van der Waals surface area (Å²) < 4.78 is 5.83. The van der Waals surface area contributed by atoms with Crippen LogP contribution in [0.1, 0.15) is 10.4 Å². The first-order valence-electron chi connectivity index (χ1n) is 5.28. The molecule has 0 aliphatic heterocycles. The van der Waals surface area contributed by atoms with E-state index in [9.17, 15) is 14.9 Å². The van der Waals surface area contributed by atoms with Gasteiger partial charge in [-0.15, -0.1) is 0 Å². The van der Waals surface area contributed by atoms with Crippen molar-refractivity contribution in [2.75, 3.05) is 0 Å². The fraction of sp³-hybridized carbons (Fsp3) is 0. The number of carboxylic acid groups (broad SMARTS) is 1. The van der Waals surface area contributed by atoms with Gasteiger partial charge in [0.15, 0.2) is 0 Å². The average molecular weight is 339 g/mol. The number of ether oxygens (including phenoxy) is 1. The van der Waals surface area contributed by atoms with Crippen LogP contribution in [0.4, 0.5) is 5.69 Å². The first-order valence-corrected chi connectivity index (χ1v) is 6.08. The Morgan fingerprint density at radius 1 is 1.35 bits per heavy atom. The van der Waals surface area contributed by atoms with Crippen molar-refractivity contribution in [3.05, 3.63) is 56.7 Å². The standard InChI is InChI=1S/C12H7BrN2O5/c13-7-5-10(12(16)17)11(14-6-7)20-9-3-1-8(2-4-9)15(18)19/h1-6H,(H,16,17). The summed E-state index contributed by atoms with van der Waals surface area (Å²) in [6, 6.07) is 6.61. The van der Waals surface area contributed by atoms with Gasteiger partial charge in [-0.1, -0.05) is 0 Å². The number of non-ortho nitro benzene ring substituents is 1. The second kappa shape index (κ2) is 5.66. The molecule has 1 N–H and O–H groups in total. The molecule has 0 aliphatic rings. The summed E-state index contributed by atoms with van der Waals surface area (Å²) in [6.45, 7) is 0. The number of halogens is 1. The molecule has 102 valence electrons.